The first-order valence-corrected chi connectivity index (χ1v) is 7.81. The highest BCUT2D eigenvalue weighted by Gasteiger charge is 2.23. The van der Waals surface area contributed by atoms with Crippen LogP contribution in [0, 0.1) is 5.82 Å². The average Bonchev–Trinajstić information content (AvgIpc) is 2.56. The first-order chi connectivity index (χ1) is 11.0. The van der Waals surface area contributed by atoms with E-state index in [-0.39, 0.29) is 22.5 Å². The molecule has 0 radical (unpaired) electrons. The van der Waals surface area contributed by atoms with Gasteiger partial charge in [0.1, 0.15) is 22.7 Å². The molecule has 0 N–H and O–H groups in total. The fourth-order valence-electron chi connectivity index (χ4n) is 2.64. The maximum Gasteiger partial charge on any atom is 0.287 e. The molecule has 0 atom stereocenters. The molecule has 122 valence electrons. The molecule has 1 fully saturated rings. The molecule has 1 aliphatic heterocycles. The number of aryl methyl sites for hydroxylation is 1. The lowest BCUT2D eigenvalue weighted by atomic mass is 10.1. The molecule has 2 aromatic rings. The van der Waals surface area contributed by atoms with Gasteiger partial charge in [-0.15, -0.1) is 0 Å². The summed E-state index contributed by atoms with van der Waals surface area (Å²) < 4.78 is 20.0. The lowest BCUT2D eigenvalue weighted by molar-refractivity contribution is 0.170. The number of aromatic nitrogens is 2. The predicted octanol–water partition coefficient (Wildman–Crippen LogP) is 2.62. The highest BCUT2D eigenvalue weighted by Crippen LogP contribution is 2.26. The Kier molecular flexibility index (Phi) is 4.52. The molecule has 7 heteroatoms. The minimum Gasteiger partial charge on any atom is -0.490 e. The highest BCUT2D eigenvalue weighted by atomic mass is 35.5. The summed E-state index contributed by atoms with van der Waals surface area (Å²) in [5.41, 5.74) is 0.365. The van der Waals surface area contributed by atoms with Crippen molar-refractivity contribution in [2.45, 2.75) is 18.9 Å². The Morgan fingerprint density at radius 3 is 2.57 bits per heavy atom. The lowest BCUT2D eigenvalue weighted by Gasteiger charge is -2.33. The summed E-state index contributed by atoms with van der Waals surface area (Å²) in [4.78, 5) is 13.9. The Morgan fingerprint density at radius 2 is 1.91 bits per heavy atom. The van der Waals surface area contributed by atoms with Gasteiger partial charge in [0.25, 0.3) is 5.56 Å². The van der Waals surface area contributed by atoms with Crippen LogP contribution in [0.15, 0.2) is 35.3 Å². The fraction of sp³-hybridized carbons (Fsp3) is 0.375. The summed E-state index contributed by atoms with van der Waals surface area (Å²) in [6, 6.07) is 6.03. The van der Waals surface area contributed by atoms with Gasteiger partial charge in [0, 0.05) is 33.0 Å². The predicted molar refractivity (Wildman–Crippen MR) is 86.8 cm³/mol. The molecule has 0 bridgehead atoms. The monoisotopic (exact) mass is 337 g/mol. The van der Waals surface area contributed by atoms with Crippen molar-refractivity contribution in [3.8, 4) is 5.75 Å². The number of piperidine rings is 1. The van der Waals surface area contributed by atoms with Gasteiger partial charge in [-0.25, -0.2) is 9.07 Å². The molecule has 1 aromatic carbocycles. The van der Waals surface area contributed by atoms with Gasteiger partial charge < -0.3 is 9.64 Å². The number of nitrogens with zero attached hydrogens (tertiary/aromatic N) is 3. The molecule has 5 nitrogen and oxygen atoms in total. The molecule has 23 heavy (non-hydrogen) atoms. The largest absolute Gasteiger partial charge is 0.490 e. The maximum absolute atomic E-state index is 12.9. The Bertz CT molecular complexity index is 740. The number of halogens is 2. The van der Waals surface area contributed by atoms with Gasteiger partial charge in [0.15, 0.2) is 0 Å². The molecule has 0 aliphatic carbocycles. The van der Waals surface area contributed by atoms with Crippen LogP contribution in [-0.4, -0.2) is 29.0 Å². The molecule has 0 spiro atoms. The van der Waals surface area contributed by atoms with Gasteiger partial charge in [-0.05, 0) is 24.3 Å². The zero-order valence-corrected chi connectivity index (χ0v) is 13.5. The van der Waals surface area contributed by atoms with Crippen molar-refractivity contribution in [1.82, 2.24) is 9.78 Å². The SMILES string of the molecule is Cn1ncc(N2CCC(Oc3ccc(F)cc3)CC2)c(Cl)c1=O. The van der Waals surface area contributed by atoms with E-state index in [2.05, 4.69) is 5.10 Å². The molecule has 0 saturated carbocycles. The van der Waals surface area contributed by atoms with Gasteiger partial charge >= 0.3 is 0 Å². The third-order valence-electron chi connectivity index (χ3n) is 3.96. The standard InChI is InChI=1S/C16H17ClFN3O2/c1-20-16(22)15(17)14(10-19-20)21-8-6-13(7-9-21)23-12-4-2-11(18)3-5-12/h2-5,10,13H,6-9H2,1H3. The van der Waals surface area contributed by atoms with Crippen molar-refractivity contribution >= 4 is 17.3 Å². The van der Waals surface area contributed by atoms with Gasteiger partial charge in [-0.2, -0.15) is 5.10 Å². The summed E-state index contributed by atoms with van der Waals surface area (Å²) in [5, 5.41) is 4.22. The van der Waals surface area contributed by atoms with Crippen molar-refractivity contribution in [1.29, 1.82) is 0 Å². The van der Waals surface area contributed by atoms with Crippen molar-refractivity contribution in [3.63, 3.8) is 0 Å². The van der Waals surface area contributed by atoms with Gasteiger partial charge in [0.05, 0.1) is 11.9 Å². The number of ether oxygens (including phenoxy) is 1. The van der Waals surface area contributed by atoms with E-state index in [0.29, 0.717) is 11.4 Å². The fourth-order valence-corrected chi connectivity index (χ4v) is 2.93. The first-order valence-electron chi connectivity index (χ1n) is 7.43. The van der Waals surface area contributed by atoms with E-state index in [9.17, 15) is 9.18 Å². The van der Waals surface area contributed by atoms with Gasteiger partial charge in [-0.3, -0.25) is 4.79 Å². The summed E-state index contributed by atoms with van der Waals surface area (Å²) in [6.45, 7) is 1.45. The normalized spacial score (nSPS) is 15.7. The van der Waals surface area contributed by atoms with E-state index in [0.717, 1.165) is 25.9 Å². The van der Waals surface area contributed by atoms with E-state index in [1.165, 1.54) is 16.8 Å². The Labute approximate surface area is 138 Å². The van der Waals surface area contributed by atoms with Crippen LogP contribution in [0.25, 0.3) is 0 Å². The number of anilines is 1. The Morgan fingerprint density at radius 1 is 1.26 bits per heavy atom. The van der Waals surface area contributed by atoms with Crippen LogP contribution in [0.2, 0.25) is 5.02 Å². The second-order valence-electron chi connectivity index (χ2n) is 5.53. The van der Waals surface area contributed by atoms with Crippen molar-refractivity contribution in [2.75, 3.05) is 18.0 Å². The zero-order chi connectivity index (χ0) is 16.4. The van der Waals surface area contributed by atoms with Crippen molar-refractivity contribution in [2.24, 2.45) is 7.05 Å². The minimum absolute atomic E-state index is 0.0648. The van der Waals surface area contributed by atoms with Crippen molar-refractivity contribution in [3.05, 3.63) is 51.7 Å². The maximum atomic E-state index is 12.9. The molecule has 1 saturated heterocycles. The van der Waals surface area contributed by atoms with Crippen LogP contribution < -0.4 is 15.2 Å². The topological polar surface area (TPSA) is 47.4 Å². The summed E-state index contributed by atoms with van der Waals surface area (Å²) in [5.74, 6) is 0.387. The average molecular weight is 338 g/mol. The van der Waals surface area contributed by atoms with E-state index in [1.54, 1.807) is 25.4 Å². The number of hydrogen-bond acceptors (Lipinski definition) is 4. The van der Waals surface area contributed by atoms with Gasteiger partial charge in [-0.1, -0.05) is 11.6 Å². The van der Waals surface area contributed by atoms with Crippen LogP contribution >= 0.6 is 11.6 Å². The molecular weight excluding hydrogens is 321 g/mol. The van der Waals surface area contributed by atoms with Crippen LogP contribution in [-0.2, 0) is 7.05 Å². The molecule has 1 aromatic heterocycles. The van der Waals surface area contributed by atoms with E-state index >= 15 is 0 Å². The number of rotatable bonds is 3. The Hall–Kier alpha value is -2.08. The minimum atomic E-state index is -0.297. The number of hydrogen-bond donors (Lipinski definition) is 0. The smallest absolute Gasteiger partial charge is 0.287 e. The lowest BCUT2D eigenvalue weighted by Crippen LogP contribution is -2.39. The van der Waals surface area contributed by atoms with E-state index < -0.39 is 0 Å². The molecular formula is C16H17ClFN3O2. The molecule has 2 heterocycles. The van der Waals surface area contributed by atoms with E-state index in [4.69, 9.17) is 16.3 Å². The van der Waals surface area contributed by atoms with Crippen molar-refractivity contribution < 1.29 is 9.13 Å². The molecule has 3 rings (SSSR count). The van der Waals surface area contributed by atoms with Crippen LogP contribution in [0.1, 0.15) is 12.8 Å². The zero-order valence-electron chi connectivity index (χ0n) is 12.7. The third kappa shape index (κ3) is 3.47. The third-order valence-corrected chi connectivity index (χ3v) is 4.31. The summed E-state index contributed by atoms with van der Waals surface area (Å²) in [6.07, 6.45) is 3.27. The van der Waals surface area contributed by atoms with E-state index in [1.807, 2.05) is 4.90 Å². The van der Waals surface area contributed by atoms with Gasteiger partial charge in [0.2, 0.25) is 0 Å². The second-order valence-corrected chi connectivity index (χ2v) is 5.91. The molecule has 0 amide bonds. The van der Waals surface area contributed by atoms with Crippen LogP contribution in [0.3, 0.4) is 0 Å². The first kappa shape index (κ1) is 15.8. The number of benzene rings is 1. The summed E-state index contributed by atoms with van der Waals surface area (Å²) in [7, 11) is 1.57. The van der Waals surface area contributed by atoms with Crippen LogP contribution in [0.5, 0.6) is 5.75 Å². The molecule has 1 aliphatic rings. The highest BCUT2D eigenvalue weighted by molar-refractivity contribution is 6.33. The quantitative estimate of drug-likeness (QED) is 0.864. The van der Waals surface area contributed by atoms with Crippen LogP contribution in [0.4, 0.5) is 10.1 Å². The summed E-state index contributed by atoms with van der Waals surface area (Å²) >= 11 is 6.13. The molecule has 0 unspecified atom stereocenters. The second kappa shape index (κ2) is 6.58. The Balaban J connectivity index is 1.63.